The molecule has 0 bridgehead atoms. The molecule has 1 heterocycles. The van der Waals surface area contributed by atoms with E-state index in [0.29, 0.717) is 10.6 Å². The zero-order valence-corrected chi connectivity index (χ0v) is 15.6. The molecule has 1 aromatic heterocycles. The Kier molecular flexibility index (Phi) is 5.38. The van der Waals surface area contributed by atoms with E-state index in [4.69, 9.17) is 10.5 Å². The Labute approximate surface area is 165 Å². The van der Waals surface area contributed by atoms with E-state index in [1.165, 1.54) is 35.7 Å². The standard InChI is InChI=1S/C20H15N3O4S/c1-27-20(26)18-17(22)12(10-21)11-23(18)13-7-8-16(15(9-13)19(24)25)28-14-5-3-2-4-6-14/h2-9,11H,22H2,1H3,(H,24,25). The second-order valence-corrected chi connectivity index (χ2v) is 6.79. The number of carbonyl (C=O) groups is 2. The number of carboxylic acids is 1. The Morgan fingerprint density at radius 2 is 1.93 bits per heavy atom. The van der Waals surface area contributed by atoms with Crippen molar-refractivity contribution in [1.82, 2.24) is 4.57 Å². The molecule has 0 aliphatic rings. The SMILES string of the molecule is COC(=O)c1c(N)c(C#N)cn1-c1ccc(Sc2ccccc2)c(C(=O)O)c1. The van der Waals surface area contributed by atoms with Crippen LogP contribution in [0.5, 0.6) is 0 Å². The maximum Gasteiger partial charge on any atom is 0.357 e. The van der Waals surface area contributed by atoms with Crippen LogP contribution in [0.4, 0.5) is 5.69 Å². The Morgan fingerprint density at radius 1 is 1.21 bits per heavy atom. The summed E-state index contributed by atoms with van der Waals surface area (Å²) in [6.07, 6.45) is 1.38. The van der Waals surface area contributed by atoms with E-state index < -0.39 is 11.9 Å². The minimum absolute atomic E-state index is 0.0195. The first-order chi connectivity index (χ1) is 13.5. The minimum Gasteiger partial charge on any atom is -0.478 e. The predicted molar refractivity (Wildman–Crippen MR) is 104 cm³/mol. The number of anilines is 1. The highest BCUT2D eigenvalue weighted by Crippen LogP contribution is 2.33. The number of nitrogen functional groups attached to an aromatic ring is 1. The number of benzene rings is 2. The van der Waals surface area contributed by atoms with Crippen LogP contribution in [0.1, 0.15) is 26.4 Å². The fraction of sp³-hybridized carbons (Fsp3) is 0.0500. The number of aromatic nitrogens is 1. The topological polar surface area (TPSA) is 118 Å². The van der Waals surface area contributed by atoms with E-state index in [1.54, 1.807) is 12.1 Å². The monoisotopic (exact) mass is 393 g/mol. The highest BCUT2D eigenvalue weighted by atomic mass is 32.2. The third kappa shape index (κ3) is 3.56. The van der Waals surface area contributed by atoms with E-state index in [2.05, 4.69) is 0 Å². The van der Waals surface area contributed by atoms with Crippen LogP contribution in [-0.4, -0.2) is 28.7 Å². The first-order valence-corrected chi connectivity index (χ1v) is 8.87. The van der Waals surface area contributed by atoms with Crippen LogP contribution < -0.4 is 5.73 Å². The van der Waals surface area contributed by atoms with Crippen molar-refractivity contribution in [2.24, 2.45) is 0 Å². The summed E-state index contributed by atoms with van der Waals surface area (Å²) in [4.78, 5) is 25.4. The molecule has 0 radical (unpaired) electrons. The van der Waals surface area contributed by atoms with Gasteiger partial charge in [-0.15, -0.1) is 0 Å². The second-order valence-electron chi connectivity index (χ2n) is 5.68. The number of carbonyl (C=O) groups excluding carboxylic acids is 1. The highest BCUT2D eigenvalue weighted by Gasteiger charge is 2.23. The van der Waals surface area contributed by atoms with Crippen molar-refractivity contribution in [3.8, 4) is 11.8 Å². The van der Waals surface area contributed by atoms with Gasteiger partial charge >= 0.3 is 11.9 Å². The number of nitrogens with zero attached hydrogens (tertiary/aromatic N) is 2. The summed E-state index contributed by atoms with van der Waals surface area (Å²) in [5.74, 6) is -1.83. The molecule has 3 aromatic rings. The van der Waals surface area contributed by atoms with Crippen molar-refractivity contribution in [2.45, 2.75) is 9.79 Å². The predicted octanol–water partition coefficient (Wildman–Crippen LogP) is 3.57. The Hall–Kier alpha value is -3.70. The third-order valence-corrected chi connectivity index (χ3v) is 5.07. The lowest BCUT2D eigenvalue weighted by molar-refractivity contribution is 0.0592. The number of nitrogens with two attached hydrogens (primary N) is 1. The van der Waals surface area contributed by atoms with Gasteiger partial charge in [0.05, 0.1) is 23.9 Å². The summed E-state index contributed by atoms with van der Waals surface area (Å²) < 4.78 is 6.11. The van der Waals surface area contributed by atoms with Gasteiger partial charge in [-0.2, -0.15) is 5.26 Å². The van der Waals surface area contributed by atoms with Crippen molar-refractivity contribution in [3.63, 3.8) is 0 Å². The normalized spacial score (nSPS) is 10.3. The number of hydrogen-bond donors (Lipinski definition) is 2. The molecule has 0 atom stereocenters. The molecule has 140 valence electrons. The number of ether oxygens (including phenoxy) is 1. The fourth-order valence-electron chi connectivity index (χ4n) is 2.66. The van der Waals surface area contributed by atoms with Gasteiger partial charge in [-0.05, 0) is 30.3 Å². The molecule has 8 heteroatoms. The first kappa shape index (κ1) is 19.1. The maximum absolute atomic E-state index is 12.1. The molecular formula is C20H15N3O4S. The molecule has 0 saturated carbocycles. The van der Waals surface area contributed by atoms with E-state index in [9.17, 15) is 20.0 Å². The Balaban J connectivity index is 2.12. The van der Waals surface area contributed by atoms with Crippen LogP contribution >= 0.6 is 11.8 Å². The highest BCUT2D eigenvalue weighted by molar-refractivity contribution is 7.99. The first-order valence-electron chi connectivity index (χ1n) is 8.06. The largest absolute Gasteiger partial charge is 0.478 e. The zero-order valence-electron chi connectivity index (χ0n) is 14.7. The average Bonchev–Trinajstić information content (AvgIpc) is 3.04. The maximum atomic E-state index is 12.1. The van der Waals surface area contributed by atoms with Crippen LogP contribution in [0.15, 0.2) is 64.5 Å². The summed E-state index contributed by atoms with van der Waals surface area (Å²) in [5, 5.41) is 18.9. The van der Waals surface area contributed by atoms with Crippen LogP contribution in [0, 0.1) is 11.3 Å². The number of aromatic carboxylic acids is 1. The molecule has 3 rings (SSSR count). The van der Waals surface area contributed by atoms with Gasteiger partial charge in [0.1, 0.15) is 6.07 Å². The number of nitriles is 1. The molecule has 0 aliphatic carbocycles. The number of rotatable bonds is 5. The van der Waals surface area contributed by atoms with E-state index in [0.717, 1.165) is 4.90 Å². The van der Waals surface area contributed by atoms with Crippen molar-refractivity contribution >= 4 is 29.4 Å². The number of esters is 1. The zero-order chi connectivity index (χ0) is 20.3. The molecule has 0 spiro atoms. The summed E-state index contributed by atoms with van der Waals surface area (Å²) in [6, 6.07) is 16.0. The van der Waals surface area contributed by atoms with Crippen LogP contribution in [-0.2, 0) is 4.74 Å². The van der Waals surface area contributed by atoms with Crippen LogP contribution in [0.2, 0.25) is 0 Å². The lowest BCUT2D eigenvalue weighted by Gasteiger charge is -2.12. The smallest absolute Gasteiger partial charge is 0.357 e. The van der Waals surface area contributed by atoms with E-state index >= 15 is 0 Å². The van der Waals surface area contributed by atoms with Gasteiger partial charge in [0.25, 0.3) is 0 Å². The quantitative estimate of drug-likeness (QED) is 0.636. The molecule has 3 N–H and O–H groups in total. The summed E-state index contributed by atoms with van der Waals surface area (Å²) in [5.41, 5.74) is 6.38. The Bertz CT molecular complexity index is 1100. The fourth-order valence-corrected chi connectivity index (χ4v) is 3.60. The molecule has 0 aliphatic heterocycles. The van der Waals surface area contributed by atoms with Crippen molar-refractivity contribution in [1.29, 1.82) is 5.26 Å². The van der Waals surface area contributed by atoms with Gasteiger partial charge in [0.2, 0.25) is 0 Å². The van der Waals surface area contributed by atoms with Gasteiger partial charge in [0.15, 0.2) is 5.69 Å². The van der Waals surface area contributed by atoms with Crippen molar-refractivity contribution in [2.75, 3.05) is 12.8 Å². The molecule has 0 unspecified atom stereocenters. The molecule has 7 nitrogen and oxygen atoms in total. The minimum atomic E-state index is -1.11. The van der Waals surface area contributed by atoms with Crippen LogP contribution in [0.3, 0.4) is 0 Å². The second kappa shape index (κ2) is 7.90. The lowest BCUT2D eigenvalue weighted by Crippen LogP contribution is -2.11. The average molecular weight is 393 g/mol. The molecule has 2 aromatic carbocycles. The molecule has 28 heavy (non-hydrogen) atoms. The number of carboxylic acid groups (broad SMARTS) is 1. The van der Waals surface area contributed by atoms with Gasteiger partial charge in [-0.1, -0.05) is 30.0 Å². The molecule has 0 saturated heterocycles. The molecule has 0 amide bonds. The van der Waals surface area contributed by atoms with Gasteiger partial charge in [0, 0.05) is 21.7 Å². The van der Waals surface area contributed by atoms with Gasteiger partial charge in [-0.3, -0.25) is 0 Å². The van der Waals surface area contributed by atoms with E-state index in [-0.39, 0.29) is 22.5 Å². The van der Waals surface area contributed by atoms with Crippen molar-refractivity contribution < 1.29 is 19.4 Å². The summed E-state index contributed by atoms with van der Waals surface area (Å²) in [6.45, 7) is 0. The molecular weight excluding hydrogens is 378 g/mol. The Morgan fingerprint density at radius 3 is 2.54 bits per heavy atom. The third-order valence-electron chi connectivity index (χ3n) is 3.99. The number of methoxy groups -OCH3 is 1. The van der Waals surface area contributed by atoms with E-state index in [1.807, 2.05) is 36.4 Å². The van der Waals surface area contributed by atoms with Gasteiger partial charge < -0.3 is 20.1 Å². The molecule has 0 fully saturated rings. The number of hydrogen-bond acceptors (Lipinski definition) is 6. The van der Waals surface area contributed by atoms with Crippen molar-refractivity contribution in [3.05, 3.63) is 71.5 Å². The summed E-state index contributed by atoms with van der Waals surface area (Å²) >= 11 is 1.32. The summed E-state index contributed by atoms with van der Waals surface area (Å²) in [7, 11) is 1.20. The van der Waals surface area contributed by atoms with Gasteiger partial charge in [-0.25, -0.2) is 9.59 Å². The van der Waals surface area contributed by atoms with Crippen LogP contribution in [0.25, 0.3) is 5.69 Å². The lowest BCUT2D eigenvalue weighted by atomic mass is 10.2.